The van der Waals surface area contributed by atoms with Gasteiger partial charge < -0.3 is 5.11 Å². The molecule has 1 aliphatic heterocycles. The van der Waals surface area contributed by atoms with Gasteiger partial charge in [-0.2, -0.15) is 0 Å². The largest absolute Gasteiger partial charge is 0.481 e. The van der Waals surface area contributed by atoms with Crippen LogP contribution >= 0.6 is 0 Å². The minimum atomic E-state index is -2.98. The lowest BCUT2D eigenvalue weighted by atomic mass is 9.87. The Morgan fingerprint density at radius 1 is 1.21 bits per heavy atom. The van der Waals surface area contributed by atoms with Crippen LogP contribution in [0.4, 0.5) is 0 Å². The average Bonchev–Trinajstić information content (AvgIpc) is 2.68. The Morgan fingerprint density at radius 2 is 1.84 bits per heavy atom. The van der Waals surface area contributed by atoms with E-state index in [1.54, 1.807) is 0 Å². The van der Waals surface area contributed by atoms with E-state index in [1.165, 1.54) is 19.3 Å². The molecule has 0 radical (unpaired) electrons. The first-order valence-electron chi connectivity index (χ1n) is 7.39. The van der Waals surface area contributed by atoms with Gasteiger partial charge in [-0.25, -0.2) is 8.42 Å². The van der Waals surface area contributed by atoms with Crippen molar-refractivity contribution in [3.63, 3.8) is 0 Å². The van der Waals surface area contributed by atoms with Crippen LogP contribution in [0.15, 0.2) is 0 Å². The maximum Gasteiger partial charge on any atom is 0.306 e. The predicted octanol–water partition coefficient (Wildman–Crippen LogP) is 2.87. The second-order valence-electron chi connectivity index (χ2n) is 5.66. The van der Waals surface area contributed by atoms with Gasteiger partial charge in [0.15, 0.2) is 9.84 Å². The summed E-state index contributed by atoms with van der Waals surface area (Å²) in [4.78, 5) is 11.3. The molecule has 1 fully saturated rings. The number of carbonyl (C=O) groups is 1. The van der Waals surface area contributed by atoms with Crippen molar-refractivity contribution in [2.75, 3.05) is 11.5 Å². The van der Waals surface area contributed by atoms with Gasteiger partial charge in [0, 0.05) is 0 Å². The average molecular weight is 290 g/mol. The van der Waals surface area contributed by atoms with Crippen molar-refractivity contribution in [2.45, 2.75) is 58.3 Å². The fourth-order valence-corrected chi connectivity index (χ4v) is 4.73. The van der Waals surface area contributed by atoms with E-state index in [4.69, 9.17) is 0 Å². The Balaban J connectivity index is 2.32. The standard InChI is InChI=1S/C14H26O4S/c1-2-3-4-5-6-7-8-13(14(15)16)12-9-10-19(17,18)11-12/h12-13H,2-11H2,1H3,(H,15,16). The third kappa shape index (κ3) is 5.93. The van der Waals surface area contributed by atoms with E-state index in [0.717, 1.165) is 19.3 Å². The minimum absolute atomic E-state index is 0.0692. The van der Waals surface area contributed by atoms with Gasteiger partial charge in [-0.15, -0.1) is 0 Å². The molecular weight excluding hydrogens is 264 g/mol. The molecule has 2 unspecified atom stereocenters. The number of carboxylic acids is 1. The Labute approximate surface area is 116 Å². The SMILES string of the molecule is CCCCCCCCC(C(=O)O)C1CCS(=O)(=O)C1. The van der Waals surface area contributed by atoms with Gasteiger partial charge in [-0.1, -0.05) is 45.4 Å². The van der Waals surface area contributed by atoms with Crippen LogP contribution in [-0.4, -0.2) is 31.0 Å². The zero-order valence-corrected chi connectivity index (χ0v) is 12.6. The number of hydrogen-bond acceptors (Lipinski definition) is 3. The molecule has 0 aromatic heterocycles. The van der Waals surface area contributed by atoms with Gasteiger partial charge in [0.05, 0.1) is 17.4 Å². The molecule has 0 aromatic carbocycles. The van der Waals surface area contributed by atoms with Gasteiger partial charge in [-0.3, -0.25) is 4.79 Å². The molecule has 2 atom stereocenters. The molecule has 0 amide bonds. The van der Waals surface area contributed by atoms with E-state index in [9.17, 15) is 18.3 Å². The van der Waals surface area contributed by atoms with Crippen molar-refractivity contribution >= 4 is 15.8 Å². The third-order valence-corrected chi connectivity index (χ3v) is 5.82. The number of aliphatic carboxylic acids is 1. The third-order valence-electron chi connectivity index (χ3n) is 4.02. The van der Waals surface area contributed by atoms with E-state index in [-0.39, 0.29) is 17.4 Å². The lowest BCUT2D eigenvalue weighted by Crippen LogP contribution is -2.24. The predicted molar refractivity (Wildman–Crippen MR) is 75.9 cm³/mol. The molecule has 0 bridgehead atoms. The normalized spacial score (nSPS) is 23.3. The maximum absolute atomic E-state index is 11.4. The lowest BCUT2D eigenvalue weighted by Gasteiger charge is -2.17. The van der Waals surface area contributed by atoms with Gasteiger partial charge in [-0.05, 0) is 18.8 Å². The highest BCUT2D eigenvalue weighted by molar-refractivity contribution is 7.91. The van der Waals surface area contributed by atoms with E-state index in [2.05, 4.69) is 6.92 Å². The quantitative estimate of drug-likeness (QED) is 0.663. The second kappa shape index (κ2) is 7.88. The zero-order valence-electron chi connectivity index (χ0n) is 11.8. The summed E-state index contributed by atoms with van der Waals surface area (Å²) in [7, 11) is -2.98. The van der Waals surface area contributed by atoms with Crippen molar-refractivity contribution < 1.29 is 18.3 Å². The minimum Gasteiger partial charge on any atom is -0.481 e. The topological polar surface area (TPSA) is 71.4 Å². The molecule has 19 heavy (non-hydrogen) atoms. The van der Waals surface area contributed by atoms with Gasteiger partial charge in [0.25, 0.3) is 0 Å². The highest BCUT2D eigenvalue weighted by Crippen LogP contribution is 2.30. The summed E-state index contributed by atoms with van der Waals surface area (Å²) in [6.07, 6.45) is 7.92. The van der Waals surface area contributed by atoms with E-state index in [1.807, 2.05) is 0 Å². The van der Waals surface area contributed by atoms with Crippen LogP contribution in [0.5, 0.6) is 0 Å². The Kier molecular flexibility index (Phi) is 6.83. The summed E-state index contributed by atoms with van der Waals surface area (Å²) in [5, 5.41) is 9.25. The van der Waals surface area contributed by atoms with Crippen molar-refractivity contribution in [3.05, 3.63) is 0 Å². The zero-order chi connectivity index (χ0) is 14.3. The van der Waals surface area contributed by atoms with Crippen LogP contribution in [-0.2, 0) is 14.6 Å². The molecule has 1 rings (SSSR count). The highest BCUT2D eigenvalue weighted by atomic mass is 32.2. The van der Waals surface area contributed by atoms with Crippen LogP contribution in [0.3, 0.4) is 0 Å². The van der Waals surface area contributed by atoms with E-state index < -0.39 is 21.7 Å². The number of carboxylic acid groups (broad SMARTS) is 1. The van der Waals surface area contributed by atoms with Crippen molar-refractivity contribution in [1.29, 1.82) is 0 Å². The lowest BCUT2D eigenvalue weighted by molar-refractivity contribution is -0.143. The number of rotatable bonds is 9. The summed E-state index contributed by atoms with van der Waals surface area (Å²) in [5.74, 6) is -1.23. The first kappa shape index (κ1) is 16.5. The van der Waals surface area contributed by atoms with E-state index >= 15 is 0 Å². The molecule has 1 saturated heterocycles. The molecular formula is C14H26O4S. The number of hydrogen-bond donors (Lipinski definition) is 1. The number of unbranched alkanes of at least 4 members (excludes halogenated alkanes) is 5. The molecule has 1 aliphatic rings. The fourth-order valence-electron chi connectivity index (χ4n) is 2.85. The summed E-state index contributed by atoms with van der Waals surface area (Å²) < 4.78 is 22.8. The number of sulfone groups is 1. The van der Waals surface area contributed by atoms with Crippen LogP contribution < -0.4 is 0 Å². The van der Waals surface area contributed by atoms with Crippen molar-refractivity contribution in [3.8, 4) is 0 Å². The summed E-state index contributed by atoms with van der Waals surface area (Å²) in [6.45, 7) is 2.17. The smallest absolute Gasteiger partial charge is 0.306 e. The Hall–Kier alpha value is -0.580. The van der Waals surface area contributed by atoms with Gasteiger partial charge >= 0.3 is 5.97 Å². The molecule has 5 heteroatoms. The van der Waals surface area contributed by atoms with Crippen molar-refractivity contribution in [2.24, 2.45) is 11.8 Å². The molecule has 4 nitrogen and oxygen atoms in total. The molecule has 112 valence electrons. The van der Waals surface area contributed by atoms with Gasteiger partial charge in [0.1, 0.15) is 0 Å². The molecule has 0 spiro atoms. The summed E-state index contributed by atoms with van der Waals surface area (Å²) in [5.41, 5.74) is 0. The summed E-state index contributed by atoms with van der Waals surface area (Å²) in [6, 6.07) is 0. The second-order valence-corrected chi connectivity index (χ2v) is 7.89. The monoisotopic (exact) mass is 290 g/mol. The fraction of sp³-hybridized carbons (Fsp3) is 0.929. The van der Waals surface area contributed by atoms with Crippen LogP contribution in [0.25, 0.3) is 0 Å². The summed E-state index contributed by atoms with van der Waals surface area (Å²) >= 11 is 0. The van der Waals surface area contributed by atoms with Gasteiger partial charge in [0.2, 0.25) is 0 Å². The molecule has 0 saturated carbocycles. The first-order valence-corrected chi connectivity index (χ1v) is 9.21. The van der Waals surface area contributed by atoms with E-state index in [0.29, 0.717) is 12.8 Å². The molecule has 0 aromatic rings. The maximum atomic E-state index is 11.4. The van der Waals surface area contributed by atoms with Crippen LogP contribution in [0.1, 0.15) is 58.3 Å². The van der Waals surface area contributed by atoms with Crippen LogP contribution in [0, 0.1) is 11.8 Å². The Bertz CT molecular complexity index is 375. The molecule has 0 aliphatic carbocycles. The molecule has 1 N–H and O–H groups in total. The first-order chi connectivity index (χ1) is 8.96. The Morgan fingerprint density at radius 3 is 2.37 bits per heavy atom. The highest BCUT2D eigenvalue weighted by Gasteiger charge is 2.36. The van der Waals surface area contributed by atoms with Crippen molar-refractivity contribution in [1.82, 2.24) is 0 Å². The molecule has 1 heterocycles. The van der Waals surface area contributed by atoms with Crippen LogP contribution in [0.2, 0.25) is 0 Å².